The summed E-state index contributed by atoms with van der Waals surface area (Å²) in [6.45, 7) is 10.7. The lowest BCUT2D eigenvalue weighted by Crippen LogP contribution is -2.40. The molecule has 0 radical (unpaired) electrons. The van der Waals surface area contributed by atoms with E-state index in [0.717, 1.165) is 25.5 Å². The molecule has 6 nitrogen and oxygen atoms in total. The van der Waals surface area contributed by atoms with Gasteiger partial charge in [-0.3, -0.25) is 4.99 Å². The lowest BCUT2D eigenvalue weighted by atomic mass is 10.2. The zero-order valence-corrected chi connectivity index (χ0v) is 19.1. The first-order valence-corrected chi connectivity index (χ1v) is 10.5. The van der Waals surface area contributed by atoms with Crippen LogP contribution >= 0.6 is 35.7 Å². The average molecular weight is 480 g/mol. The van der Waals surface area contributed by atoms with Gasteiger partial charge < -0.3 is 10.6 Å². The van der Waals surface area contributed by atoms with Gasteiger partial charge in [-0.05, 0) is 40.4 Å². The van der Waals surface area contributed by atoms with Crippen LogP contribution in [0.5, 0.6) is 0 Å². The molecular weight excluding hydrogens is 447 g/mol. The highest BCUT2D eigenvalue weighted by Gasteiger charge is 2.16. The third-order valence-corrected chi connectivity index (χ3v) is 6.39. The highest BCUT2D eigenvalue weighted by Crippen LogP contribution is 2.20. The van der Waals surface area contributed by atoms with Crippen LogP contribution in [0.1, 0.15) is 34.1 Å². The highest BCUT2D eigenvalue weighted by molar-refractivity contribution is 14.0. The van der Waals surface area contributed by atoms with E-state index in [0.29, 0.717) is 13.1 Å². The zero-order valence-electron chi connectivity index (χ0n) is 15.2. The molecule has 0 spiro atoms. The van der Waals surface area contributed by atoms with Gasteiger partial charge in [0.2, 0.25) is 10.0 Å². The van der Waals surface area contributed by atoms with E-state index in [1.165, 1.54) is 4.31 Å². The fourth-order valence-electron chi connectivity index (χ4n) is 1.54. The number of nitrogens with zero attached hydrogens (tertiary/aromatic N) is 2. The van der Waals surface area contributed by atoms with Crippen molar-refractivity contribution in [1.29, 1.82) is 0 Å². The van der Waals surface area contributed by atoms with Crippen molar-refractivity contribution in [2.24, 2.45) is 4.99 Å². The second-order valence-corrected chi connectivity index (χ2v) is 9.54. The van der Waals surface area contributed by atoms with Crippen molar-refractivity contribution in [3.63, 3.8) is 0 Å². The number of thioether (sulfide) groups is 1. The molecule has 0 atom stereocenters. The van der Waals surface area contributed by atoms with E-state index < -0.39 is 10.0 Å². The van der Waals surface area contributed by atoms with Gasteiger partial charge in [-0.2, -0.15) is 11.8 Å². The summed E-state index contributed by atoms with van der Waals surface area (Å²) in [5, 5.41) is 6.46. The predicted molar refractivity (Wildman–Crippen MR) is 114 cm³/mol. The van der Waals surface area contributed by atoms with E-state index >= 15 is 0 Å². The summed E-state index contributed by atoms with van der Waals surface area (Å²) in [6.07, 6.45) is 2.83. The van der Waals surface area contributed by atoms with Crippen molar-refractivity contribution >= 4 is 51.7 Å². The van der Waals surface area contributed by atoms with Gasteiger partial charge in [-0.1, -0.05) is 0 Å². The Morgan fingerprint density at radius 2 is 1.87 bits per heavy atom. The van der Waals surface area contributed by atoms with Crippen LogP contribution in [0.25, 0.3) is 0 Å². The van der Waals surface area contributed by atoms with Crippen molar-refractivity contribution in [2.45, 2.75) is 38.9 Å². The first-order valence-electron chi connectivity index (χ1n) is 7.70. The van der Waals surface area contributed by atoms with Crippen LogP contribution in [-0.2, 0) is 10.0 Å². The minimum Gasteiger partial charge on any atom is -0.357 e. The fourth-order valence-corrected chi connectivity index (χ4v) is 2.59. The first kappa shape index (κ1) is 25.5. The first-order chi connectivity index (χ1) is 10.2. The molecule has 0 aliphatic heterocycles. The summed E-state index contributed by atoms with van der Waals surface area (Å²) >= 11 is 1.79. The topological polar surface area (TPSA) is 73.8 Å². The molecule has 0 fully saturated rings. The molecule has 140 valence electrons. The normalized spacial score (nSPS) is 12.9. The second kappa shape index (κ2) is 12.6. The van der Waals surface area contributed by atoms with E-state index in [1.54, 1.807) is 25.7 Å². The average Bonchev–Trinajstić information content (AvgIpc) is 2.48. The van der Waals surface area contributed by atoms with Crippen LogP contribution in [-0.4, -0.2) is 68.7 Å². The standard InChI is InChI=1S/C14H32N4O2S2.HI/c1-7-15-13(17-12-14(3,4)21-6)16-10-9-11-18(5)22(19,20)8-2;/h7-12H2,1-6H3,(H2,15,16,17);1H. The van der Waals surface area contributed by atoms with Gasteiger partial charge >= 0.3 is 0 Å². The SMILES string of the molecule is CCNC(=NCC(C)(C)SC)NCCCN(C)S(=O)(=O)CC.I. The zero-order chi connectivity index (χ0) is 17.2. The molecule has 0 saturated carbocycles. The Hall–Kier alpha value is 0.260. The summed E-state index contributed by atoms with van der Waals surface area (Å²) in [4.78, 5) is 4.58. The minimum absolute atomic E-state index is 0. The summed E-state index contributed by atoms with van der Waals surface area (Å²) in [5.74, 6) is 0.927. The number of rotatable bonds is 10. The molecule has 0 rings (SSSR count). The van der Waals surface area contributed by atoms with E-state index in [1.807, 2.05) is 6.92 Å². The Labute approximate surface area is 163 Å². The third kappa shape index (κ3) is 11.4. The van der Waals surface area contributed by atoms with Gasteiger partial charge in [0.15, 0.2) is 5.96 Å². The van der Waals surface area contributed by atoms with Crippen LogP contribution < -0.4 is 10.6 Å². The lowest BCUT2D eigenvalue weighted by molar-refractivity contribution is 0.461. The summed E-state index contributed by atoms with van der Waals surface area (Å²) in [7, 11) is -1.46. The van der Waals surface area contributed by atoms with Gasteiger partial charge in [0.05, 0.1) is 12.3 Å². The largest absolute Gasteiger partial charge is 0.357 e. The van der Waals surface area contributed by atoms with Gasteiger partial charge in [0.1, 0.15) is 0 Å². The van der Waals surface area contributed by atoms with Crippen molar-refractivity contribution in [3.8, 4) is 0 Å². The number of hydrogen-bond donors (Lipinski definition) is 2. The molecule has 0 aliphatic carbocycles. The lowest BCUT2D eigenvalue weighted by Gasteiger charge is -2.20. The maximum atomic E-state index is 11.6. The fraction of sp³-hybridized carbons (Fsp3) is 0.929. The Morgan fingerprint density at radius 3 is 2.35 bits per heavy atom. The van der Waals surface area contributed by atoms with Crippen molar-refractivity contribution < 1.29 is 8.42 Å². The van der Waals surface area contributed by atoms with Crippen LogP contribution in [0.2, 0.25) is 0 Å². The van der Waals surface area contributed by atoms with E-state index in [-0.39, 0.29) is 34.5 Å². The van der Waals surface area contributed by atoms with Crippen LogP contribution in [0.4, 0.5) is 0 Å². The smallest absolute Gasteiger partial charge is 0.213 e. The number of halogens is 1. The Balaban J connectivity index is 0. The van der Waals surface area contributed by atoms with E-state index in [9.17, 15) is 8.42 Å². The molecule has 23 heavy (non-hydrogen) atoms. The number of sulfonamides is 1. The third-order valence-electron chi connectivity index (χ3n) is 3.30. The molecule has 0 aliphatic rings. The van der Waals surface area contributed by atoms with Crippen molar-refractivity contribution in [3.05, 3.63) is 0 Å². The van der Waals surface area contributed by atoms with Gasteiger partial charge in [0.25, 0.3) is 0 Å². The molecule has 0 aromatic heterocycles. The molecule has 0 amide bonds. The Bertz CT molecular complexity index is 442. The van der Waals surface area contributed by atoms with Gasteiger partial charge in [-0.25, -0.2) is 12.7 Å². The summed E-state index contributed by atoms with van der Waals surface area (Å²) in [5.41, 5.74) is 0. The Morgan fingerprint density at radius 1 is 1.26 bits per heavy atom. The van der Waals surface area contributed by atoms with Crippen LogP contribution in [0.15, 0.2) is 4.99 Å². The van der Waals surface area contributed by atoms with Crippen LogP contribution in [0.3, 0.4) is 0 Å². The van der Waals surface area contributed by atoms with Gasteiger partial charge in [-0.15, -0.1) is 24.0 Å². The monoisotopic (exact) mass is 480 g/mol. The highest BCUT2D eigenvalue weighted by atomic mass is 127. The number of aliphatic imine (C=N–C) groups is 1. The van der Waals surface area contributed by atoms with Crippen molar-refractivity contribution in [1.82, 2.24) is 14.9 Å². The molecule has 0 bridgehead atoms. The van der Waals surface area contributed by atoms with E-state index in [2.05, 4.69) is 35.7 Å². The maximum absolute atomic E-state index is 11.6. The molecular formula is C14H33IN4O2S2. The number of nitrogens with one attached hydrogen (secondary N) is 2. The van der Waals surface area contributed by atoms with E-state index in [4.69, 9.17) is 0 Å². The summed E-state index contributed by atoms with van der Waals surface area (Å²) in [6, 6.07) is 0. The molecule has 9 heteroatoms. The minimum atomic E-state index is -3.09. The van der Waals surface area contributed by atoms with Gasteiger partial charge in [0, 0.05) is 31.4 Å². The second-order valence-electron chi connectivity index (χ2n) is 5.66. The molecule has 0 unspecified atom stereocenters. The molecule has 0 saturated heterocycles. The quantitative estimate of drug-likeness (QED) is 0.217. The van der Waals surface area contributed by atoms with Crippen LogP contribution in [0, 0.1) is 0 Å². The number of guanidine groups is 1. The number of hydrogen-bond acceptors (Lipinski definition) is 4. The van der Waals surface area contributed by atoms with Crippen molar-refractivity contribution in [2.75, 3.05) is 45.2 Å². The molecule has 0 heterocycles. The molecule has 0 aromatic rings. The maximum Gasteiger partial charge on any atom is 0.213 e. The Kier molecular flexibility index (Phi) is 14.0. The molecule has 0 aromatic carbocycles. The molecule has 2 N–H and O–H groups in total. The summed E-state index contributed by atoms with van der Waals surface area (Å²) < 4.78 is 24.8. The predicted octanol–water partition coefficient (Wildman–Crippen LogP) is 1.97.